The maximum atomic E-state index is 6.09. The zero-order valence-electron chi connectivity index (χ0n) is 12.5. The number of benzene rings is 2. The van der Waals surface area contributed by atoms with Crippen LogP contribution >= 0.6 is 17.0 Å². The Bertz CT molecular complexity index is 829. The molecule has 113 valence electrons. The summed E-state index contributed by atoms with van der Waals surface area (Å²) >= 11 is -2.28. The molecule has 0 nitrogen and oxygen atoms in total. The first kappa shape index (κ1) is 15.6. The van der Waals surface area contributed by atoms with Crippen LogP contribution < -0.4 is 3.27 Å². The number of fused-ring (bicyclic) bond motifs is 1. The molecule has 0 amide bonds. The maximum absolute atomic E-state index is 6.09. The van der Waals surface area contributed by atoms with Crippen LogP contribution in [0.5, 0.6) is 0 Å². The summed E-state index contributed by atoms with van der Waals surface area (Å²) in [5.74, 6) is 0.407. The topological polar surface area (TPSA) is 0 Å². The predicted octanol–water partition coefficient (Wildman–Crippen LogP) is 5.45. The van der Waals surface area contributed by atoms with E-state index in [-0.39, 0.29) is 0 Å². The van der Waals surface area contributed by atoms with Crippen molar-refractivity contribution in [3.8, 4) is 0 Å². The second kappa shape index (κ2) is 6.56. The van der Waals surface area contributed by atoms with Gasteiger partial charge >= 0.3 is 153 Å². The van der Waals surface area contributed by atoms with Crippen molar-refractivity contribution in [3.63, 3.8) is 0 Å². The van der Waals surface area contributed by atoms with Gasteiger partial charge < -0.3 is 0 Å². The van der Waals surface area contributed by atoms with E-state index in [1.54, 1.807) is 0 Å². The molecule has 0 heterocycles. The molecular weight excluding hydrogens is 402 g/mol. The van der Waals surface area contributed by atoms with Crippen LogP contribution in [-0.2, 0) is 25.8 Å². The molecule has 0 spiro atoms. The molecule has 2 aliphatic carbocycles. The average molecular weight is 417 g/mol. The molecule has 0 saturated heterocycles. The summed E-state index contributed by atoms with van der Waals surface area (Å²) in [7, 11) is 12.2. The van der Waals surface area contributed by atoms with E-state index in [0.29, 0.717) is 5.92 Å². The van der Waals surface area contributed by atoms with Gasteiger partial charge in [-0.05, 0) is 0 Å². The van der Waals surface area contributed by atoms with E-state index in [4.69, 9.17) is 17.0 Å². The van der Waals surface area contributed by atoms with Crippen LogP contribution in [0.2, 0.25) is 0 Å². The average Bonchev–Trinajstić information content (AvgIpc) is 3.21. The molecule has 0 aromatic heterocycles. The molecule has 0 N–H and O–H groups in total. The first-order chi connectivity index (χ1) is 11.2. The fourth-order valence-corrected chi connectivity index (χ4v) is 5.76. The van der Waals surface area contributed by atoms with Crippen molar-refractivity contribution in [2.75, 3.05) is 0 Å². The number of hydrogen-bond acceptors (Lipinski definition) is 0. The summed E-state index contributed by atoms with van der Waals surface area (Å²) in [5, 5.41) is 0. The fourth-order valence-electron chi connectivity index (χ4n) is 3.24. The third-order valence-electron chi connectivity index (χ3n) is 4.50. The monoisotopic (exact) mass is 415 g/mol. The summed E-state index contributed by atoms with van der Waals surface area (Å²) in [6.45, 7) is 0. The molecule has 4 rings (SSSR count). The summed E-state index contributed by atoms with van der Waals surface area (Å²) in [6.07, 6.45) is 10.3. The van der Waals surface area contributed by atoms with Gasteiger partial charge in [0.05, 0.1) is 0 Å². The Labute approximate surface area is 151 Å². The van der Waals surface area contributed by atoms with Gasteiger partial charge in [0.25, 0.3) is 0 Å². The van der Waals surface area contributed by atoms with Crippen molar-refractivity contribution < 1.29 is 19.4 Å². The Morgan fingerprint density at radius 1 is 0.957 bits per heavy atom. The molecule has 3 heteroatoms. The van der Waals surface area contributed by atoms with E-state index in [1.165, 1.54) is 27.8 Å². The molecule has 1 unspecified atom stereocenters. The summed E-state index contributed by atoms with van der Waals surface area (Å²) in [6, 6.07) is 17.1. The summed E-state index contributed by atoms with van der Waals surface area (Å²) in [4.78, 5) is 0. The van der Waals surface area contributed by atoms with Gasteiger partial charge in [-0.1, -0.05) is 0 Å². The Kier molecular flexibility index (Phi) is 4.46. The molecule has 2 aromatic rings. The van der Waals surface area contributed by atoms with E-state index in [9.17, 15) is 0 Å². The van der Waals surface area contributed by atoms with Gasteiger partial charge in [0.1, 0.15) is 0 Å². The van der Waals surface area contributed by atoms with Gasteiger partial charge in [0.15, 0.2) is 0 Å². The van der Waals surface area contributed by atoms with Crippen LogP contribution in [0, 0.1) is 5.92 Å². The van der Waals surface area contributed by atoms with Crippen molar-refractivity contribution in [1.82, 2.24) is 0 Å². The van der Waals surface area contributed by atoms with Crippen molar-refractivity contribution in [1.29, 1.82) is 0 Å². The number of allylic oxidation sites excluding steroid dienone is 5. The van der Waals surface area contributed by atoms with Gasteiger partial charge in [-0.2, -0.15) is 0 Å². The van der Waals surface area contributed by atoms with Gasteiger partial charge in [-0.3, -0.25) is 0 Å². The molecule has 0 aliphatic heterocycles. The molecule has 1 atom stereocenters. The molecule has 23 heavy (non-hydrogen) atoms. The van der Waals surface area contributed by atoms with Crippen molar-refractivity contribution >= 4 is 31.9 Å². The van der Waals surface area contributed by atoms with E-state index in [1.807, 2.05) is 0 Å². The molecule has 0 radical (unpaired) electrons. The van der Waals surface area contributed by atoms with E-state index < -0.39 is 19.4 Å². The Balaban J connectivity index is 1.56. The van der Waals surface area contributed by atoms with Crippen LogP contribution in [0.4, 0.5) is 0 Å². The second-order valence-corrected chi connectivity index (χ2v) is 14.3. The Morgan fingerprint density at radius 2 is 1.74 bits per heavy atom. The molecular formula is C20H15Cl2Zr. The minimum absolute atomic E-state index is 0.407. The molecule has 2 aromatic carbocycles. The molecule has 0 bridgehead atoms. The van der Waals surface area contributed by atoms with Gasteiger partial charge in [-0.25, -0.2) is 0 Å². The van der Waals surface area contributed by atoms with Crippen LogP contribution in [0.1, 0.15) is 16.7 Å². The van der Waals surface area contributed by atoms with Crippen LogP contribution in [0.15, 0.2) is 72.3 Å². The van der Waals surface area contributed by atoms with Gasteiger partial charge in [0.2, 0.25) is 0 Å². The quantitative estimate of drug-likeness (QED) is 0.623. The second-order valence-electron chi connectivity index (χ2n) is 5.94. The molecule has 0 fully saturated rings. The van der Waals surface area contributed by atoms with Gasteiger partial charge in [0, 0.05) is 0 Å². The first-order valence-electron chi connectivity index (χ1n) is 7.68. The van der Waals surface area contributed by atoms with Crippen LogP contribution in [-0.4, -0.2) is 0 Å². The van der Waals surface area contributed by atoms with E-state index in [0.717, 1.165) is 9.69 Å². The SMILES string of the molecule is [Cl][Zr]([Cl])[c]1ccc(C2=CC(C3=Cc4ccccc4C3)C=C2)cc1. The van der Waals surface area contributed by atoms with Crippen molar-refractivity contribution in [2.45, 2.75) is 6.42 Å². The number of hydrogen-bond donors (Lipinski definition) is 0. The van der Waals surface area contributed by atoms with Crippen LogP contribution in [0.25, 0.3) is 11.6 Å². The number of rotatable bonds is 3. The van der Waals surface area contributed by atoms with Crippen molar-refractivity contribution in [2.24, 2.45) is 5.92 Å². The third-order valence-corrected chi connectivity index (χ3v) is 8.97. The third kappa shape index (κ3) is 3.20. The fraction of sp³-hybridized carbons (Fsp3) is 0.100. The van der Waals surface area contributed by atoms with Gasteiger partial charge in [-0.15, -0.1) is 0 Å². The standard InChI is InChI=1S/C20H15.2ClH.Zr/c1-2-6-15(7-3-1)18-10-11-19(12-18)20-13-16-8-4-5-9-17(16)14-20;;;/h2-13,19H,14H2;2*1H;/q;;;+2/p-2. The molecule has 2 aliphatic rings. The minimum atomic E-state index is -2.28. The van der Waals surface area contributed by atoms with Crippen LogP contribution in [0.3, 0.4) is 0 Å². The van der Waals surface area contributed by atoms with E-state index >= 15 is 0 Å². The number of halogens is 2. The molecule has 0 saturated carbocycles. The zero-order chi connectivity index (χ0) is 15.8. The van der Waals surface area contributed by atoms with Crippen molar-refractivity contribution in [3.05, 3.63) is 89.0 Å². The summed E-state index contributed by atoms with van der Waals surface area (Å²) in [5.41, 5.74) is 6.80. The Morgan fingerprint density at radius 3 is 2.48 bits per heavy atom. The zero-order valence-corrected chi connectivity index (χ0v) is 16.4. The normalized spacial score (nSPS) is 18.6. The Hall–Kier alpha value is -0.877. The summed E-state index contributed by atoms with van der Waals surface area (Å²) < 4.78 is 1.13. The predicted molar refractivity (Wildman–Crippen MR) is 96.5 cm³/mol. The first-order valence-corrected chi connectivity index (χ1v) is 15.2. The van der Waals surface area contributed by atoms with E-state index in [2.05, 4.69) is 72.8 Å².